The van der Waals surface area contributed by atoms with Gasteiger partial charge < -0.3 is 5.73 Å². The lowest BCUT2D eigenvalue weighted by Crippen LogP contribution is -2.52. The van der Waals surface area contributed by atoms with E-state index in [-0.39, 0.29) is 17.3 Å². The van der Waals surface area contributed by atoms with E-state index in [1.165, 1.54) is 12.1 Å². The van der Waals surface area contributed by atoms with Crippen LogP contribution < -0.4 is 5.73 Å². The average Bonchev–Trinajstić information content (AvgIpc) is 2.69. The molecule has 1 aromatic rings. The third-order valence-electron chi connectivity index (χ3n) is 3.89. The van der Waals surface area contributed by atoms with Crippen molar-refractivity contribution in [3.63, 3.8) is 0 Å². The molecule has 2 N–H and O–H groups in total. The lowest BCUT2D eigenvalue weighted by Gasteiger charge is -2.36. The van der Waals surface area contributed by atoms with Crippen LogP contribution in [0.5, 0.6) is 0 Å². The van der Waals surface area contributed by atoms with Crippen molar-refractivity contribution >= 4 is 9.84 Å². The number of sulfone groups is 1. The van der Waals surface area contributed by atoms with Crippen LogP contribution in [0.1, 0.15) is 12.0 Å². The van der Waals surface area contributed by atoms with Crippen molar-refractivity contribution in [2.45, 2.75) is 18.5 Å². The maximum Gasteiger partial charge on any atom is 0.152 e. The quantitative estimate of drug-likeness (QED) is 0.888. The van der Waals surface area contributed by atoms with Gasteiger partial charge in [-0.1, -0.05) is 12.1 Å². The SMILES string of the molecule is CN(Cc1ccc(F)cc1)C1(CN)CCS(=O)(=O)C1. The highest BCUT2D eigenvalue weighted by molar-refractivity contribution is 7.91. The second-order valence-electron chi connectivity index (χ2n) is 5.25. The van der Waals surface area contributed by atoms with Crippen molar-refractivity contribution in [2.24, 2.45) is 5.73 Å². The van der Waals surface area contributed by atoms with Crippen LogP contribution >= 0.6 is 0 Å². The number of rotatable bonds is 4. The zero-order chi connectivity index (χ0) is 14.1. The molecule has 1 aliphatic heterocycles. The van der Waals surface area contributed by atoms with Crippen LogP contribution in [0.25, 0.3) is 0 Å². The molecular formula is C13H19FN2O2S. The van der Waals surface area contributed by atoms with Crippen LogP contribution in [-0.2, 0) is 16.4 Å². The molecule has 0 bridgehead atoms. The number of nitrogens with two attached hydrogens (primary N) is 1. The fourth-order valence-electron chi connectivity index (χ4n) is 2.55. The van der Waals surface area contributed by atoms with Gasteiger partial charge in [0.15, 0.2) is 9.84 Å². The van der Waals surface area contributed by atoms with Gasteiger partial charge in [-0.05, 0) is 31.2 Å². The number of halogens is 1. The highest BCUT2D eigenvalue weighted by atomic mass is 32.2. The lowest BCUT2D eigenvalue weighted by molar-refractivity contribution is 0.143. The molecule has 1 aliphatic rings. The van der Waals surface area contributed by atoms with Gasteiger partial charge in [-0.2, -0.15) is 0 Å². The number of benzene rings is 1. The van der Waals surface area contributed by atoms with Crippen molar-refractivity contribution in [1.29, 1.82) is 0 Å². The van der Waals surface area contributed by atoms with Crippen molar-refractivity contribution in [3.8, 4) is 0 Å². The first-order valence-electron chi connectivity index (χ1n) is 6.23. The third-order valence-corrected chi connectivity index (χ3v) is 5.69. The minimum Gasteiger partial charge on any atom is -0.329 e. The summed E-state index contributed by atoms with van der Waals surface area (Å²) in [6.07, 6.45) is 0.559. The Bertz CT molecular complexity index is 544. The fraction of sp³-hybridized carbons (Fsp3) is 0.538. The molecule has 1 fully saturated rings. The number of hydrogen-bond acceptors (Lipinski definition) is 4. The van der Waals surface area contributed by atoms with E-state index >= 15 is 0 Å². The van der Waals surface area contributed by atoms with Crippen molar-refractivity contribution in [1.82, 2.24) is 4.90 Å². The molecule has 0 spiro atoms. The van der Waals surface area contributed by atoms with E-state index in [1.54, 1.807) is 12.1 Å². The van der Waals surface area contributed by atoms with Crippen LogP contribution in [-0.4, -0.2) is 44.0 Å². The molecule has 0 aromatic heterocycles. The van der Waals surface area contributed by atoms with Gasteiger partial charge in [-0.3, -0.25) is 4.90 Å². The molecule has 0 aliphatic carbocycles. The van der Waals surface area contributed by atoms with Crippen LogP contribution in [0, 0.1) is 5.82 Å². The summed E-state index contributed by atoms with van der Waals surface area (Å²) < 4.78 is 36.2. The van der Waals surface area contributed by atoms with Gasteiger partial charge in [0.05, 0.1) is 11.5 Å². The van der Waals surface area contributed by atoms with E-state index in [1.807, 2.05) is 11.9 Å². The summed E-state index contributed by atoms with van der Waals surface area (Å²) in [4.78, 5) is 1.98. The normalized spacial score (nSPS) is 25.9. The maximum atomic E-state index is 12.9. The van der Waals surface area contributed by atoms with Gasteiger partial charge in [0.1, 0.15) is 5.82 Å². The Balaban J connectivity index is 2.14. The van der Waals surface area contributed by atoms with E-state index in [2.05, 4.69) is 0 Å². The maximum absolute atomic E-state index is 12.9. The molecule has 6 heteroatoms. The van der Waals surface area contributed by atoms with E-state index in [4.69, 9.17) is 5.73 Å². The molecule has 1 saturated heterocycles. The molecule has 0 radical (unpaired) electrons. The standard InChI is InChI=1S/C13H19FN2O2S/c1-16(8-11-2-4-12(14)5-3-11)13(9-15)6-7-19(17,18)10-13/h2-5H,6-10,15H2,1H3. The molecule has 4 nitrogen and oxygen atoms in total. The van der Waals surface area contributed by atoms with Gasteiger partial charge in [-0.25, -0.2) is 12.8 Å². The molecule has 1 heterocycles. The Kier molecular flexibility index (Phi) is 3.94. The van der Waals surface area contributed by atoms with Gasteiger partial charge in [0.2, 0.25) is 0 Å². The molecule has 1 aromatic carbocycles. The summed E-state index contributed by atoms with van der Waals surface area (Å²) in [5.74, 6) is 0.0231. The zero-order valence-corrected chi connectivity index (χ0v) is 11.8. The Hall–Kier alpha value is -0.980. The first-order valence-corrected chi connectivity index (χ1v) is 8.05. The molecular weight excluding hydrogens is 267 g/mol. The monoisotopic (exact) mass is 286 g/mol. The van der Waals surface area contributed by atoms with Gasteiger partial charge >= 0.3 is 0 Å². The second-order valence-corrected chi connectivity index (χ2v) is 7.44. The minimum atomic E-state index is -2.99. The number of hydrogen-bond donors (Lipinski definition) is 1. The topological polar surface area (TPSA) is 63.4 Å². The first-order chi connectivity index (χ1) is 8.87. The number of nitrogens with zero attached hydrogens (tertiary/aromatic N) is 1. The summed E-state index contributed by atoms with van der Waals surface area (Å²) in [7, 11) is -1.12. The summed E-state index contributed by atoms with van der Waals surface area (Å²) in [5.41, 5.74) is 6.26. The summed E-state index contributed by atoms with van der Waals surface area (Å²) in [6, 6.07) is 6.23. The van der Waals surface area contributed by atoms with Crippen molar-refractivity contribution in [2.75, 3.05) is 25.1 Å². The predicted molar refractivity (Wildman–Crippen MR) is 72.9 cm³/mol. The molecule has 0 saturated carbocycles. The second kappa shape index (κ2) is 5.19. The minimum absolute atomic E-state index is 0.105. The Labute approximate surface area is 113 Å². The number of likely N-dealkylation sites (N-methyl/N-ethyl adjacent to an activating group) is 1. The Morgan fingerprint density at radius 2 is 2.00 bits per heavy atom. The highest BCUT2D eigenvalue weighted by Gasteiger charge is 2.44. The summed E-state index contributed by atoms with van der Waals surface area (Å²) >= 11 is 0. The van der Waals surface area contributed by atoms with Gasteiger partial charge in [-0.15, -0.1) is 0 Å². The van der Waals surface area contributed by atoms with Crippen LogP contribution in [0.3, 0.4) is 0 Å². The Morgan fingerprint density at radius 3 is 2.47 bits per heavy atom. The van der Waals surface area contributed by atoms with E-state index in [0.717, 1.165) is 5.56 Å². The summed E-state index contributed by atoms with van der Waals surface area (Å²) in [6.45, 7) is 0.872. The van der Waals surface area contributed by atoms with Crippen molar-refractivity contribution < 1.29 is 12.8 Å². The molecule has 19 heavy (non-hydrogen) atoms. The van der Waals surface area contributed by atoms with Gasteiger partial charge in [0.25, 0.3) is 0 Å². The largest absolute Gasteiger partial charge is 0.329 e. The highest BCUT2D eigenvalue weighted by Crippen LogP contribution is 2.29. The fourth-order valence-corrected chi connectivity index (χ4v) is 4.69. The average molecular weight is 286 g/mol. The van der Waals surface area contributed by atoms with Crippen molar-refractivity contribution in [3.05, 3.63) is 35.6 Å². The molecule has 0 amide bonds. The predicted octanol–water partition coefficient (Wildman–Crippen LogP) is 0.774. The molecule has 106 valence electrons. The van der Waals surface area contributed by atoms with Crippen LogP contribution in [0.2, 0.25) is 0 Å². The third kappa shape index (κ3) is 3.13. The Morgan fingerprint density at radius 1 is 1.37 bits per heavy atom. The molecule has 1 atom stereocenters. The zero-order valence-electron chi connectivity index (χ0n) is 11.0. The smallest absolute Gasteiger partial charge is 0.152 e. The first kappa shape index (κ1) is 14.4. The van der Waals surface area contributed by atoms with Crippen LogP contribution in [0.4, 0.5) is 4.39 Å². The summed E-state index contributed by atoms with van der Waals surface area (Å²) in [5, 5.41) is 0. The molecule has 2 rings (SSSR count). The van der Waals surface area contributed by atoms with Gasteiger partial charge in [0, 0.05) is 18.6 Å². The van der Waals surface area contributed by atoms with E-state index in [9.17, 15) is 12.8 Å². The van der Waals surface area contributed by atoms with E-state index < -0.39 is 15.4 Å². The lowest BCUT2D eigenvalue weighted by atomic mass is 9.96. The van der Waals surface area contributed by atoms with E-state index in [0.29, 0.717) is 19.5 Å². The molecule has 1 unspecified atom stereocenters. The van der Waals surface area contributed by atoms with Crippen LogP contribution in [0.15, 0.2) is 24.3 Å².